The maximum atomic E-state index is 6.64. The quantitative estimate of drug-likeness (QED) is 0.258. The highest BCUT2D eigenvalue weighted by atomic mass is 16.3. The molecule has 16 radical (unpaired) electrons. The van der Waals surface area contributed by atoms with E-state index in [1.807, 2.05) is 102 Å². The first kappa shape index (κ1) is 32.4. The highest BCUT2D eigenvalue weighted by Gasteiger charge is 2.23. The fraction of sp³-hybridized carbons (Fsp3) is 0. The highest BCUT2D eigenvalue weighted by Crippen LogP contribution is 2.35. The molecule has 9 rings (SSSR count). The topological polar surface area (TPSA) is 56.7 Å². The fourth-order valence-electron chi connectivity index (χ4n) is 6.95. The van der Waals surface area contributed by atoms with Crippen LogP contribution in [-0.4, -0.2) is 82.3 Å². The van der Waals surface area contributed by atoms with Gasteiger partial charge >= 0.3 is 0 Å². The second-order valence-electron chi connectivity index (χ2n) is 12.6. The van der Waals surface area contributed by atoms with Crippen molar-refractivity contribution < 1.29 is 4.42 Å². The Balaban J connectivity index is 1.25. The molecule has 13 heteroatoms. The van der Waals surface area contributed by atoms with Crippen molar-refractivity contribution in [2.24, 2.45) is 0 Å². The zero-order valence-corrected chi connectivity index (χ0v) is 27.6. The average molecular weight is 643 g/mol. The van der Waals surface area contributed by atoms with Gasteiger partial charge in [-0.15, -0.1) is 21.9 Å². The van der Waals surface area contributed by atoms with Gasteiger partial charge in [-0.25, -0.2) is 15.0 Å². The van der Waals surface area contributed by atoms with Crippen molar-refractivity contribution >= 4 is 150 Å². The van der Waals surface area contributed by atoms with Gasteiger partial charge in [0.1, 0.15) is 73.9 Å². The predicted molar refractivity (Wildman–Crippen MR) is 221 cm³/mol. The summed E-state index contributed by atoms with van der Waals surface area (Å²) in [7, 11) is 51.7. The Morgan fingerprint density at radius 3 is 1.33 bits per heavy atom. The van der Waals surface area contributed by atoms with E-state index in [9.17, 15) is 0 Å². The summed E-state index contributed by atoms with van der Waals surface area (Å²) in [6.07, 6.45) is 0. The van der Waals surface area contributed by atoms with E-state index in [0.29, 0.717) is 56.1 Å². The van der Waals surface area contributed by atoms with Crippen LogP contribution in [0.3, 0.4) is 0 Å². The maximum absolute atomic E-state index is 6.64. The molecule has 9 aromatic rings. The Morgan fingerprint density at radius 2 is 0.827 bits per heavy atom. The normalized spacial score (nSPS) is 11.7. The molecule has 0 atom stereocenters. The van der Waals surface area contributed by atoms with Gasteiger partial charge in [0.25, 0.3) is 0 Å². The number of fused-ring (bicyclic) bond motifs is 6. The lowest BCUT2D eigenvalue weighted by Gasteiger charge is -2.17. The summed E-state index contributed by atoms with van der Waals surface area (Å²) in [5.74, 6) is 1.64. The molecule has 222 valence electrons. The van der Waals surface area contributed by atoms with Crippen LogP contribution in [0.4, 0.5) is 0 Å². The number of nitrogens with zero attached hydrogens (tertiary/aromatic N) is 4. The van der Waals surface area contributed by atoms with Crippen LogP contribution in [-0.2, 0) is 0 Å². The van der Waals surface area contributed by atoms with Gasteiger partial charge in [0, 0.05) is 50.2 Å². The Morgan fingerprint density at radius 1 is 0.404 bits per heavy atom. The van der Waals surface area contributed by atoms with Crippen molar-refractivity contribution in [3.05, 3.63) is 97.1 Å². The maximum Gasteiger partial charge on any atom is 0.164 e. The lowest BCUT2D eigenvalue weighted by molar-refractivity contribution is 0.668. The standard InChI is InChI=1S/C39H16B8N4O/c40-27-25-26-28(41)30(43)32(45)34(47)36(26)51(35(25)33(46)31(44)29(27)42)20-12-14-22-21-13-11-19(15-23(21)52-24(22)16-20)39-49-37(17-7-3-1-4-8-17)48-38(50-39)18-9-5-2-6-10-18/h1-16H. The first-order chi connectivity index (χ1) is 25.1. The van der Waals surface area contributed by atoms with Crippen molar-refractivity contribution in [2.45, 2.75) is 0 Å². The number of rotatable bonds is 4. The van der Waals surface area contributed by atoms with Gasteiger partial charge in [-0.1, -0.05) is 88.6 Å². The van der Waals surface area contributed by atoms with Crippen molar-refractivity contribution in [3.8, 4) is 39.9 Å². The molecule has 0 fully saturated rings. The Labute approximate surface area is 309 Å². The average Bonchev–Trinajstić information content (AvgIpc) is 3.74. The van der Waals surface area contributed by atoms with Crippen LogP contribution >= 0.6 is 0 Å². The van der Waals surface area contributed by atoms with Gasteiger partial charge < -0.3 is 8.98 Å². The lowest BCUT2D eigenvalue weighted by Crippen LogP contribution is -2.49. The summed E-state index contributed by atoms with van der Waals surface area (Å²) < 4.78 is 8.33. The SMILES string of the molecule is [B]c1c([B])c([B])c2c(c1[B])c1c([B])c([B])c([B])c([B])c1n2-c1ccc2c(c1)oc1cc(-c3nc(-c4ccccc4)nc(-c4ccccc4)n3)ccc12. The van der Waals surface area contributed by atoms with Crippen molar-refractivity contribution in [1.29, 1.82) is 0 Å². The van der Waals surface area contributed by atoms with E-state index >= 15 is 0 Å². The van der Waals surface area contributed by atoms with Crippen LogP contribution in [0.1, 0.15) is 0 Å². The van der Waals surface area contributed by atoms with E-state index < -0.39 is 0 Å². The van der Waals surface area contributed by atoms with Crippen LogP contribution in [0.25, 0.3) is 83.6 Å². The zero-order valence-electron chi connectivity index (χ0n) is 27.6. The zero-order chi connectivity index (χ0) is 36.0. The number of benzene rings is 6. The van der Waals surface area contributed by atoms with Gasteiger partial charge in [0.15, 0.2) is 17.5 Å². The van der Waals surface area contributed by atoms with E-state index in [1.54, 1.807) is 0 Å². The largest absolute Gasteiger partial charge is 0.456 e. The van der Waals surface area contributed by atoms with Gasteiger partial charge in [0.05, 0.1) is 0 Å². The van der Waals surface area contributed by atoms with E-state index in [0.717, 1.165) is 27.5 Å². The van der Waals surface area contributed by atoms with Gasteiger partial charge in [-0.3, -0.25) is 0 Å². The molecule has 0 amide bonds. The van der Waals surface area contributed by atoms with E-state index in [1.165, 1.54) is 0 Å². The molecule has 0 spiro atoms. The van der Waals surface area contributed by atoms with Crippen molar-refractivity contribution in [1.82, 2.24) is 19.5 Å². The third kappa shape index (κ3) is 4.78. The second kappa shape index (κ2) is 12.0. The van der Waals surface area contributed by atoms with E-state index in [4.69, 9.17) is 82.1 Å². The number of aromatic nitrogens is 4. The summed E-state index contributed by atoms with van der Waals surface area (Å²) in [5.41, 5.74) is 6.62. The Hall–Kier alpha value is -5.55. The molecule has 0 unspecified atom stereocenters. The van der Waals surface area contributed by atoms with Crippen LogP contribution in [0.2, 0.25) is 0 Å². The summed E-state index contributed by atoms with van der Waals surface area (Å²) in [4.78, 5) is 14.6. The van der Waals surface area contributed by atoms with Crippen LogP contribution in [0.5, 0.6) is 0 Å². The molecular weight excluding hydrogens is 627 g/mol. The summed E-state index contributed by atoms with van der Waals surface area (Å²) in [5, 5.41) is 2.71. The highest BCUT2D eigenvalue weighted by molar-refractivity contribution is 6.71. The second-order valence-corrected chi connectivity index (χ2v) is 12.6. The first-order valence-corrected chi connectivity index (χ1v) is 16.3. The minimum Gasteiger partial charge on any atom is -0.456 e. The first-order valence-electron chi connectivity index (χ1n) is 16.3. The summed E-state index contributed by atoms with van der Waals surface area (Å²) in [6, 6.07) is 31.3. The van der Waals surface area contributed by atoms with Crippen molar-refractivity contribution in [2.75, 3.05) is 0 Å². The third-order valence-corrected chi connectivity index (χ3v) is 9.63. The molecule has 3 heterocycles. The number of hydrogen-bond donors (Lipinski definition) is 0. The minimum atomic E-state index is 0.130. The van der Waals surface area contributed by atoms with Gasteiger partial charge in [0.2, 0.25) is 0 Å². The van der Waals surface area contributed by atoms with Crippen LogP contribution < -0.4 is 43.7 Å². The molecule has 5 nitrogen and oxygen atoms in total. The molecule has 0 aliphatic rings. The molecule has 0 aliphatic carbocycles. The number of hydrogen-bond acceptors (Lipinski definition) is 4. The molecule has 52 heavy (non-hydrogen) atoms. The number of furan rings is 1. The van der Waals surface area contributed by atoms with Gasteiger partial charge in [-0.2, -0.15) is 0 Å². The molecule has 0 N–H and O–H groups in total. The smallest absolute Gasteiger partial charge is 0.164 e. The predicted octanol–water partition coefficient (Wildman–Crippen LogP) is 0.220. The summed E-state index contributed by atoms with van der Waals surface area (Å²) >= 11 is 0. The lowest BCUT2D eigenvalue weighted by atomic mass is 9.63. The minimum absolute atomic E-state index is 0.130. The summed E-state index contributed by atoms with van der Waals surface area (Å²) in [6.45, 7) is 0. The molecule has 0 aliphatic heterocycles. The molecule has 0 bridgehead atoms. The fourth-order valence-corrected chi connectivity index (χ4v) is 6.95. The van der Waals surface area contributed by atoms with Crippen molar-refractivity contribution in [3.63, 3.8) is 0 Å². The molecule has 6 aromatic carbocycles. The van der Waals surface area contributed by atoms with Crippen LogP contribution in [0.15, 0.2) is 101 Å². The Kier molecular flexibility index (Phi) is 7.48. The molecule has 3 aromatic heterocycles. The molecular formula is C39H16B8N4O. The van der Waals surface area contributed by atoms with E-state index in [-0.39, 0.29) is 43.7 Å². The monoisotopic (exact) mass is 644 g/mol. The van der Waals surface area contributed by atoms with Gasteiger partial charge in [-0.05, 0) is 35.0 Å². The van der Waals surface area contributed by atoms with E-state index in [2.05, 4.69) is 0 Å². The molecule has 0 saturated carbocycles. The van der Waals surface area contributed by atoms with Crippen LogP contribution in [0, 0.1) is 0 Å². The molecule has 0 saturated heterocycles. The third-order valence-electron chi connectivity index (χ3n) is 9.63. The Bertz CT molecular complexity index is 2810.